The van der Waals surface area contributed by atoms with Crippen molar-refractivity contribution < 1.29 is 14.3 Å². The van der Waals surface area contributed by atoms with Crippen LogP contribution in [0.5, 0.6) is 5.75 Å². The second kappa shape index (κ2) is 5.75. The van der Waals surface area contributed by atoms with Crippen LogP contribution in [0.3, 0.4) is 0 Å². The number of rotatable bonds is 4. The van der Waals surface area contributed by atoms with Crippen LogP contribution < -0.4 is 15.8 Å². The molecule has 0 spiro atoms. The minimum Gasteiger partial charge on any atom is -0.481 e. The van der Waals surface area contributed by atoms with Crippen molar-refractivity contribution in [2.24, 2.45) is 5.73 Å². The summed E-state index contributed by atoms with van der Waals surface area (Å²) in [7, 11) is 0. The number of hydrogen-bond donors (Lipinski definition) is 2. The Morgan fingerprint density at radius 3 is 2.50 bits per heavy atom. The number of carbonyl (C=O) groups is 2. The molecule has 0 bridgehead atoms. The third-order valence-electron chi connectivity index (χ3n) is 1.93. The molecule has 1 aromatic rings. The van der Waals surface area contributed by atoms with Crippen molar-refractivity contribution in [2.45, 2.75) is 19.4 Å². The molecule has 5 heteroatoms. The van der Waals surface area contributed by atoms with Crippen LogP contribution in [0.2, 0.25) is 0 Å². The maximum atomic E-state index is 11.5. The third kappa shape index (κ3) is 3.61. The van der Waals surface area contributed by atoms with Crippen molar-refractivity contribution in [2.75, 3.05) is 0 Å². The lowest BCUT2D eigenvalue weighted by atomic mass is 10.2. The third-order valence-corrected chi connectivity index (χ3v) is 1.93. The molecule has 16 heavy (non-hydrogen) atoms. The first kappa shape index (κ1) is 12.0. The number of benzene rings is 1. The molecule has 0 aromatic heterocycles. The topological polar surface area (TPSA) is 81.4 Å². The molecule has 3 amide bonds. The lowest BCUT2D eigenvalue weighted by molar-refractivity contribution is -0.126. The van der Waals surface area contributed by atoms with Crippen LogP contribution in [-0.2, 0) is 4.79 Å². The Morgan fingerprint density at radius 2 is 2.00 bits per heavy atom. The number of para-hydroxylation sites is 1. The zero-order valence-electron chi connectivity index (χ0n) is 8.97. The monoisotopic (exact) mass is 222 g/mol. The average Bonchev–Trinajstić information content (AvgIpc) is 2.26. The summed E-state index contributed by atoms with van der Waals surface area (Å²) in [4.78, 5) is 22.0. The quantitative estimate of drug-likeness (QED) is 0.798. The maximum absolute atomic E-state index is 11.5. The Bertz CT molecular complexity index is 365. The van der Waals surface area contributed by atoms with E-state index < -0.39 is 18.0 Å². The second-order valence-corrected chi connectivity index (χ2v) is 3.18. The number of imide groups is 1. The van der Waals surface area contributed by atoms with E-state index in [4.69, 9.17) is 10.5 Å². The van der Waals surface area contributed by atoms with Crippen LogP contribution in [0.15, 0.2) is 30.3 Å². The van der Waals surface area contributed by atoms with Gasteiger partial charge in [0.1, 0.15) is 5.75 Å². The van der Waals surface area contributed by atoms with Crippen molar-refractivity contribution >= 4 is 11.9 Å². The average molecular weight is 222 g/mol. The molecule has 0 saturated carbocycles. The van der Waals surface area contributed by atoms with Gasteiger partial charge in [0.2, 0.25) is 0 Å². The highest BCUT2D eigenvalue weighted by molar-refractivity contribution is 5.95. The molecule has 0 aliphatic heterocycles. The molecule has 0 fully saturated rings. The van der Waals surface area contributed by atoms with Crippen LogP contribution in [0, 0.1) is 0 Å². The molecule has 86 valence electrons. The molecule has 5 nitrogen and oxygen atoms in total. The van der Waals surface area contributed by atoms with E-state index in [1.165, 1.54) is 0 Å². The molecule has 0 aliphatic carbocycles. The van der Waals surface area contributed by atoms with E-state index in [9.17, 15) is 9.59 Å². The summed E-state index contributed by atoms with van der Waals surface area (Å²) in [5, 5.41) is 1.99. The summed E-state index contributed by atoms with van der Waals surface area (Å²) in [5.41, 5.74) is 4.85. The summed E-state index contributed by atoms with van der Waals surface area (Å²) >= 11 is 0. The predicted molar refractivity (Wildman–Crippen MR) is 58.9 cm³/mol. The van der Waals surface area contributed by atoms with Gasteiger partial charge in [0.25, 0.3) is 5.91 Å². The number of amides is 3. The molecule has 1 rings (SSSR count). The first-order valence-corrected chi connectivity index (χ1v) is 4.95. The lowest BCUT2D eigenvalue weighted by Gasteiger charge is -2.15. The number of urea groups is 1. The van der Waals surface area contributed by atoms with Crippen LogP contribution in [0.4, 0.5) is 4.79 Å². The van der Waals surface area contributed by atoms with Crippen LogP contribution in [0.1, 0.15) is 13.3 Å². The van der Waals surface area contributed by atoms with Crippen LogP contribution >= 0.6 is 0 Å². The number of hydrogen-bond acceptors (Lipinski definition) is 3. The van der Waals surface area contributed by atoms with Gasteiger partial charge in [-0.05, 0) is 18.6 Å². The highest BCUT2D eigenvalue weighted by Crippen LogP contribution is 2.12. The van der Waals surface area contributed by atoms with Gasteiger partial charge in [-0.25, -0.2) is 4.79 Å². The fourth-order valence-corrected chi connectivity index (χ4v) is 1.19. The summed E-state index contributed by atoms with van der Waals surface area (Å²) in [6, 6.07) is 8.04. The maximum Gasteiger partial charge on any atom is 0.318 e. The number of nitrogens with two attached hydrogens (primary N) is 1. The number of carbonyl (C=O) groups excluding carboxylic acids is 2. The van der Waals surface area contributed by atoms with E-state index in [0.29, 0.717) is 12.2 Å². The highest BCUT2D eigenvalue weighted by atomic mass is 16.5. The Morgan fingerprint density at radius 1 is 1.38 bits per heavy atom. The van der Waals surface area contributed by atoms with Gasteiger partial charge in [0.05, 0.1) is 0 Å². The number of ether oxygens (including phenoxy) is 1. The molecule has 1 unspecified atom stereocenters. The first-order chi connectivity index (χ1) is 7.63. The van der Waals surface area contributed by atoms with Gasteiger partial charge in [0.15, 0.2) is 6.10 Å². The van der Waals surface area contributed by atoms with E-state index in [0.717, 1.165) is 0 Å². The molecule has 1 aromatic carbocycles. The van der Waals surface area contributed by atoms with E-state index in [2.05, 4.69) is 0 Å². The zero-order chi connectivity index (χ0) is 12.0. The van der Waals surface area contributed by atoms with Gasteiger partial charge in [-0.2, -0.15) is 0 Å². The fourth-order valence-electron chi connectivity index (χ4n) is 1.19. The van der Waals surface area contributed by atoms with Gasteiger partial charge >= 0.3 is 6.03 Å². The van der Waals surface area contributed by atoms with Crippen LogP contribution in [0.25, 0.3) is 0 Å². The van der Waals surface area contributed by atoms with E-state index in [-0.39, 0.29) is 0 Å². The van der Waals surface area contributed by atoms with E-state index in [1.807, 2.05) is 11.4 Å². The first-order valence-electron chi connectivity index (χ1n) is 4.95. The molecule has 1 atom stereocenters. The minimum atomic E-state index is -0.875. The standard InChI is InChI=1S/C11H14N2O3/c1-2-9(10(14)13-11(12)15)16-8-6-4-3-5-7-8/h3-7,9H,2H2,1H3,(H3,12,13,14,15). The molecule has 0 radical (unpaired) electrons. The Labute approximate surface area is 93.6 Å². The lowest BCUT2D eigenvalue weighted by Crippen LogP contribution is -2.43. The SMILES string of the molecule is CCC(Oc1ccccc1)C(=O)NC(N)=O. The smallest absolute Gasteiger partial charge is 0.318 e. The molecular formula is C11H14N2O3. The fraction of sp³-hybridized carbons (Fsp3) is 0.273. The van der Waals surface area contributed by atoms with Gasteiger partial charge in [-0.1, -0.05) is 25.1 Å². The van der Waals surface area contributed by atoms with Crippen molar-refractivity contribution in [3.05, 3.63) is 30.3 Å². The van der Waals surface area contributed by atoms with Gasteiger partial charge in [-0.3, -0.25) is 10.1 Å². The van der Waals surface area contributed by atoms with Crippen LogP contribution in [-0.4, -0.2) is 18.0 Å². The molecular weight excluding hydrogens is 208 g/mol. The Hall–Kier alpha value is -2.04. The van der Waals surface area contributed by atoms with Gasteiger partial charge in [0, 0.05) is 0 Å². The largest absolute Gasteiger partial charge is 0.481 e. The normalized spacial score (nSPS) is 11.6. The van der Waals surface area contributed by atoms with Crippen molar-refractivity contribution in [3.63, 3.8) is 0 Å². The van der Waals surface area contributed by atoms with E-state index in [1.54, 1.807) is 31.2 Å². The number of nitrogens with one attached hydrogen (secondary N) is 1. The number of primary amides is 1. The predicted octanol–water partition coefficient (Wildman–Crippen LogP) is 1.04. The summed E-state index contributed by atoms with van der Waals surface area (Å²) in [6.45, 7) is 1.79. The highest BCUT2D eigenvalue weighted by Gasteiger charge is 2.19. The molecule has 0 heterocycles. The summed E-state index contributed by atoms with van der Waals surface area (Å²) in [5.74, 6) is 0.0489. The van der Waals surface area contributed by atoms with Gasteiger partial charge in [-0.15, -0.1) is 0 Å². The summed E-state index contributed by atoms with van der Waals surface area (Å²) < 4.78 is 5.41. The minimum absolute atomic E-state index is 0.452. The second-order valence-electron chi connectivity index (χ2n) is 3.18. The Balaban J connectivity index is 2.62. The molecule has 3 N–H and O–H groups in total. The molecule has 0 aliphatic rings. The van der Waals surface area contributed by atoms with Crippen molar-refractivity contribution in [3.8, 4) is 5.75 Å². The molecule has 0 saturated heterocycles. The zero-order valence-corrected chi connectivity index (χ0v) is 8.97. The van der Waals surface area contributed by atoms with Crippen molar-refractivity contribution in [1.29, 1.82) is 0 Å². The summed E-state index contributed by atoms with van der Waals surface area (Å²) in [6.07, 6.45) is -0.261. The van der Waals surface area contributed by atoms with Crippen molar-refractivity contribution in [1.82, 2.24) is 5.32 Å². The Kier molecular flexibility index (Phi) is 4.32. The van der Waals surface area contributed by atoms with Gasteiger partial charge < -0.3 is 10.5 Å². The van der Waals surface area contributed by atoms with E-state index >= 15 is 0 Å².